The van der Waals surface area contributed by atoms with Crippen molar-refractivity contribution in [1.29, 1.82) is 0 Å². The number of nitrogens with two attached hydrogens (primary N) is 1. The van der Waals surface area contributed by atoms with Crippen LogP contribution in [0.25, 0.3) is 0 Å². The Morgan fingerprint density at radius 2 is 2.29 bits per heavy atom. The Hall–Kier alpha value is -0.650. The number of hydrogen-bond acceptors (Lipinski definition) is 4. The summed E-state index contributed by atoms with van der Waals surface area (Å²) in [6.07, 6.45) is 5.18. The molecule has 0 aromatic carbocycles. The van der Waals surface area contributed by atoms with E-state index < -0.39 is 0 Å². The number of hydrogen-bond donors (Lipinski definition) is 2. The maximum Gasteiger partial charge on any atom is 0.222 e. The fraction of sp³-hybridized carbons (Fsp3) is 0.917. The molecule has 1 saturated heterocycles. The van der Waals surface area contributed by atoms with Crippen molar-refractivity contribution < 1.29 is 14.3 Å². The lowest BCUT2D eigenvalue weighted by Crippen LogP contribution is -2.30. The molecule has 0 aromatic heterocycles. The Morgan fingerprint density at radius 3 is 3.00 bits per heavy atom. The van der Waals surface area contributed by atoms with Gasteiger partial charge in [-0.05, 0) is 25.7 Å². The minimum atomic E-state index is 0.0397. The largest absolute Gasteiger partial charge is 0.380 e. The van der Waals surface area contributed by atoms with E-state index in [2.05, 4.69) is 5.32 Å². The number of amides is 1. The molecule has 100 valence electrons. The fourth-order valence-electron chi connectivity index (χ4n) is 1.85. The third-order valence-electron chi connectivity index (χ3n) is 2.80. The predicted molar refractivity (Wildman–Crippen MR) is 65.7 cm³/mol. The highest BCUT2D eigenvalue weighted by Gasteiger charge is 2.13. The van der Waals surface area contributed by atoms with E-state index in [1.165, 1.54) is 12.8 Å². The lowest BCUT2D eigenvalue weighted by Gasteiger charge is -2.22. The Morgan fingerprint density at radius 1 is 1.41 bits per heavy atom. The molecule has 1 aliphatic heterocycles. The van der Waals surface area contributed by atoms with Gasteiger partial charge in [-0.2, -0.15) is 0 Å². The molecule has 5 nitrogen and oxygen atoms in total. The zero-order valence-electron chi connectivity index (χ0n) is 10.5. The molecule has 17 heavy (non-hydrogen) atoms. The zero-order chi connectivity index (χ0) is 12.3. The van der Waals surface area contributed by atoms with Crippen molar-refractivity contribution in [2.45, 2.75) is 38.2 Å². The quantitative estimate of drug-likeness (QED) is 0.607. The normalized spacial score (nSPS) is 20.2. The van der Waals surface area contributed by atoms with Gasteiger partial charge in [0.05, 0.1) is 19.3 Å². The van der Waals surface area contributed by atoms with E-state index in [-0.39, 0.29) is 5.91 Å². The van der Waals surface area contributed by atoms with Gasteiger partial charge in [0.15, 0.2) is 0 Å². The number of nitrogens with one attached hydrogen (secondary N) is 1. The molecule has 1 atom stereocenters. The molecule has 0 radical (unpaired) electrons. The van der Waals surface area contributed by atoms with Crippen LogP contribution in [0.2, 0.25) is 0 Å². The first-order valence-corrected chi connectivity index (χ1v) is 6.49. The molecule has 0 aliphatic carbocycles. The van der Waals surface area contributed by atoms with Crippen LogP contribution in [-0.4, -0.2) is 44.9 Å². The van der Waals surface area contributed by atoms with Crippen LogP contribution in [0.15, 0.2) is 0 Å². The van der Waals surface area contributed by atoms with Crippen molar-refractivity contribution in [3.8, 4) is 0 Å². The molecule has 1 unspecified atom stereocenters. The predicted octanol–water partition coefficient (Wildman–Crippen LogP) is 0.427. The van der Waals surface area contributed by atoms with Crippen LogP contribution in [-0.2, 0) is 14.3 Å². The third-order valence-corrected chi connectivity index (χ3v) is 2.80. The Labute approximate surface area is 103 Å². The summed E-state index contributed by atoms with van der Waals surface area (Å²) in [4.78, 5) is 11.4. The fourth-order valence-corrected chi connectivity index (χ4v) is 1.85. The topological polar surface area (TPSA) is 73.6 Å². The van der Waals surface area contributed by atoms with Crippen molar-refractivity contribution in [1.82, 2.24) is 5.32 Å². The highest BCUT2D eigenvalue weighted by atomic mass is 16.5. The molecule has 1 amide bonds. The molecule has 1 heterocycles. The third kappa shape index (κ3) is 7.31. The maximum atomic E-state index is 11.4. The summed E-state index contributed by atoms with van der Waals surface area (Å²) in [5.74, 6) is 0.0397. The summed E-state index contributed by atoms with van der Waals surface area (Å²) in [6, 6.07) is 0. The van der Waals surface area contributed by atoms with Gasteiger partial charge in [0, 0.05) is 26.1 Å². The van der Waals surface area contributed by atoms with Gasteiger partial charge < -0.3 is 20.5 Å². The molecular weight excluding hydrogens is 220 g/mol. The molecule has 1 aliphatic rings. The van der Waals surface area contributed by atoms with Gasteiger partial charge in [0.1, 0.15) is 0 Å². The van der Waals surface area contributed by atoms with E-state index in [0.29, 0.717) is 38.8 Å². The number of ether oxygens (including phenoxy) is 2. The van der Waals surface area contributed by atoms with Gasteiger partial charge in [-0.25, -0.2) is 0 Å². The first-order chi connectivity index (χ1) is 8.33. The van der Waals surface area contributed by atoms with Crippen LogP contribution in [0.4, 0.5) is 0 Å². The van der Waals surface area contributed by atoms with Gasteiger partial charge in [0.2, 0.25) is 5.91 Å². The van der Waals surface area contributed by atoms with Crippen molar-refractivity contribution >= 4 is 5.91 Å². The number of carbonyl (C=O) groups is 1. The van der Waals surface area contributed by atoms with Crippen LogP contribution >= 0.6 is 0 Å². The summed E-state index contributed by atoms with van der Waals surface area (Å²) >= 11 is 0. The van der Waals surface area contributed by atoms with E-state index in [4.69, 9.17) is 15.2 Å². The van der Waals surface area contributed by atoms with Crippen molar-refractivity contribution in [3.05, 3.63) is 0 Å². The number of rotatable bonds is 8. The maximum absolute atomic E-state index is 11.4. The standard InChI is InChI=1S/C12H24N2O3/c13-6-10-16-9-5-12(15)14-7-4-11-3-1-2-8-17-11/h11H,1-10,13H2,(H,14,15). The minimum Gasteiger partial charge on any atom is -0.380 e. The molecule has 0 saturated carbocycles. The Bertz CT molecular complexity index is 206. The van der Waals surface area contributed by atoms with Crippen molar-refractivity contribution in [3.63, 3.8) is 0 Å². The summed E-state index contributed by atoms with van der Waals surface area (Å²) in [5.41, 5.74) is 5.27. The van der Waals surface area contributed by atoms with E-state index in [0.717, 1.165) is 19.4 Å². The monoisotopic (exact) mass is 244 g/mol. The van der Waals surface area contributed by atoms with Gasteiger partial charge >= 0.3 is 0 Å². The smallest absolute Gasteiger partial charge is 0.222 e. The highest BCUT2D eigenvalue weighted by Crippen LogP contribution is 2.14. The van der Waals surface area contributed by atoms with Crippen LogP contribution in [0.5, 0.6) is 0 Å². The van der Waals surface area contributed by atoms with Crippen LogP contribution in [0.1, 0.15) is 32.1 Å². The second-order valence-electron chi connectivity index (χ2n) is 4.28. The molecule has 0 spiro atoms. The van der Waals surface area contributed by atoms with Gasteiger partial charge in [-0.3, -0.25) is 4.79 Å². The minimum absolute atomic E-state index is 0.0397. The molecule has 5 heteroatoms. The van der Waals surface area contributed by atoms with Crippen molar-refractivity contribution in [2.75, 3.05) is 32.9 Å². The molecule has 0 aromatic rings. The number of carbonyl (C=O) groups excluding carboxylic acids is 1. The van der Waals surface area contributed by atoms with E-state index in [9.17, 15) is 4.79 Å². The Kier molecular flexibility index (Phi) is 7.96. The SMILES string of the molecule is NCCOCCC(=O)NCCC1CCCCO1. The van der Waals surface area contributed by atoms with Crippen LogP contribution < -0.4 is 11.1 Å². The zero-order valence-corrected chi connectivity index (χ0v) is 10.5. The molecular formula is C12H24N2O3. The molecule has 1 fully saturated rings. The highest BCUT2D eigenvalue weighted by molar-refractivity contribution is 5.75. The average Bonchev–Trinajstić information content (AvgIpc) is 2.36. The first-order valence-electron chi connectivity index (χ1n) is 6.49. The molecule has 1 rings (SSSR count). The Balaban J connectivity index is 1.92. The van der Waals surface area contributed by atoms with Crippen LogP contribution in [0.3, 0.4) is 0 Å². The van der Waals surface area contributed by atoms with E-state index in [1.807, 2.05) is 0 Å². The summed E-state index contributed by atoms with van der Waals surface area (Å²) < 4.78 is 10.7. The lowest BCUT2D eigenvalue weighted by atomic mass is 10.1. The average molecular weight is 244 g/mol. The van der Waals surface area contributed by atoms with Gasteiger partial charge in [0.25, 0.3) is 0 Å². The summed E-state index contributed by atoms with van der Waals surface area (Å²) in [5, 5.41) is 2.88. The summed E-state index contributed by atoms with van der Waals surface area (Å²) in [6.45, 7) is 3.03. The van der Waals surface area contributed by atoms with Crippen molar-refractivity contribution in [2.24, 2.45) is 5.73 Å². The molecule has 0 bridgehead atoms. The molecule has 3 N–H and O–H groups in total. The van der Waals surface area contributed by atoms with E-state index >= 15 is 0 Å². The first kappa shape index (κ1) is 14.4. The van der Waals surface area contributed by atoms with Crippen LogP contribution in [0, 0.1) is 0 Å². The van der Waals surface area contributed by atoms with E-state index in [1.54, 1.807) is 0 Å². The van der Waals surface area contributed by atoms with Gasteiger partial charge in [-0.15, -0.1) is 0 Å². The lowest BCUT2D eigenvalue weighted by molar-refractivity contribution is -0.122. The summed E-state index contributed by atoms with van der Waals surface area (Å²) in [7, 11) is 0. The second-order valence-corrected chi connectivity index (χ2v) is 4.28. The van der Waals surface area contributed by atoms with Gasteiger partial charge in [-0.1, -0.05) is 0 Å². The second kappa shape index (κ2) is 9.39.